The van der Waals surface area contributed by atoms with E-state index in [4.69, 9.17) is 34.8 Å². The summed E-state index contributed by atoms with van der Waals surface area (Å²) in [6, 6.07) is 12.9. The molecular weight excluding hydrogens is 379 g/mol. The second-order valence-corrected chi connectivity index (χ2v) is 7.59. The number of nitrogens with one attached hydrogen (secondary N) is 1. The van der Waals surface area contributed by atoms with Gasteiger partial charge in [-0.2, -0.15) is 0 Å². The second kappa shape index (κ2) is 8.41. The summed E-state index contributed by atoms with van der Waals surface area (Å²) in [7, 11) is 0. The van der Waals surface area contributed by atoms with E-state index in [2.05, 4.69) is 10.2 Å². The number of amides is 1. The Balaban J connectivity index is 1.61. The van der Waals surface area contributed by atoms with Crippen molar-refractivity contribution in [1.82, 2.24) is 4.90 Å². The zero-order chi connectivity index (χ0) is 17.8. The third kappa shape index (κ3) is 5.11. The van der Waals surface area contributed by atoms with E-state index in [1.807, 2.05) is 24.3 Å². The van der Waals surface area contributed by atoms with Crippen LogP contribution in [0.5, 0.6) is 0 Å². The van der Waals surface area contributed by atoms with Gasteiger partial charge in [-0.15, -0.1) is 0 Å². The highest BCUT2D eigenvalue weighted by atomic mass is 35.5. The monoisotopic (exact) mass is 396 g/mol. The maximum Gasteiger partial charge on any atom is 0.228 e. The highest BCUT2D eigenvalue weighted by molar-refractivity contribution is 6.35. The van der Waals surface area contributed by atoms with Crippen LogP contribution in [0.15, 0.2) is 42.5 Å². The topological polar surface area (TPSA) is 32.3 Å². The first-order chi connectivity index (χ1) is 12.0. The first-order valence-corrected chi connectivity index (χ1v) is 9.37. The van der Waals surface area contributed by atoms with Crippen molar-refractivity contribution in [3.8, 4) is 0 Å². The Morgan fingerprint density at radius 2 is 1.80 bits per heavy atom. The van der Waals surface area contributed by atoms with Crippen molar-refractivity contribution in [3.05, 3.63) is 63.1 Å². The van der Waals surface area contributed by atoms with Crippen LogP contribution in [0.25, 0.3) is 0 Å². The lowest BCUT2D eigenvalue weighted by Crippen LogP contribution is -2.40. The van der Waals surface area contributed by atoms with Gasteiger partial charge in [0.2, 0.25) is 5.91 Å². The zero-order valence-corrected chi connectivity index (χ0v) is 15.9. The van der Waals surface area contributed by atoms with Gasteiger partial charge >= 0.3 is 0 Å². The normalized spacial score (nSPS) is 18.1. The van der Waals surface area contributed by atoms with Gasteiger partial charge in [0.1, 0.15) is 0 Å². The Kier molecular flexibility index (Phi) is 6.24. The standard InChI is InChI=1S/C19H19Cl3N2O/c20-15-5-3-13(4-6-15)11-24-9-1-2-14(12-24)19(25)23-18-10-16(21)7-8-17(18)22/h3-8,10,14H,1-2,9,11-12H2,(H,23,25). The molecule has 1 aliphatic heterocycles. The molecule has 3 nitrogen and oxygen atoms in total. The summed E-state index contributed by atoms with van der Waals surface area (Å²) in [5.41, 5.74) is 1.76. The van der Waals surface area contributed by atoms with Gasteiger partial charge in [-0.25, -0.2) is 0 Å². The third-order valence-corrected chi connectivity index (χ3v) is 5.20. The van der Waals surface area contributed by atoms with E-state index in [1.165, 1.54) is 5.56 Å². The van der Waals surface area contributed by atoms with Gasteiger partial charge < -0.3 is 5.32 Å². The number of halogens is 3. The molecule has 6 heteroatoms. The number of piperidine rings is 1. The first kappa shape index (κ1) is 18.5. The molecule has 1 amide bonds. The lowest BCUT2D eigenvalue weighted by molar-refractivity contribution is -0.121. The quantitative estimate of drug-likeness (QED) is 0.739. The maximum absolute atomic E-state index is 12.6. The molecule has 2 aromatic carbocycles. The zero-order valence-electron chi connectivity index (χ0n) is 13.6. The summed E-state index contributed by atoms with van der Waals surface area (Å²) in [6.07, 6.45) is 1.87. The van der Waals surface area contributed by atoms with Crippen LogP contribution in [0, 0.1) is 5.92 Å². The molecule has 0 saturated carbocycles. The molecule has 0 radical (unpaired) electrons. The molecular formula is C19H19Cl3N2O. The van der Waals surface area contributed by atoms with E-state index in [-0.39, 0.29) is 11.8 Å². The van der Waals surface area contributed by atoms with Crippen molar-refractivity contribution in [2.45, 2.75) is 19.4 Å². The first-order valence-electron chi connectivity index (χ1n) is 8.24. The minimum absolute atomic E-state index is 0.00928. The van der Waals surface area contributed by atoms with Crippen LogP contribution >= 0.6 is 34.8 Å². The predicted molar refractivity (Wildman–Crippen MR) is 105 cm³/mol. The molecule has 0 spiro atoms. The van der Waals surface area contributed by atoms with Gasteiger partial charge in [0.25, 0.3) is 0 Å². The second-order valence-electron chi connectivity index (χ2n) is 6.31. The predicted octanol–water partition coefficient (Wildman–Crippen LogP) is 5.50. The fraction of sp³-hybridized carbons (Fsp3) is 0.316. The van der Waals surface area contributed by atoms with Crippen molar-refractivity contribution in [1.29, 1.82) is 0 Å². The van der Waals surface area contributed by atoms with E-state index in [0.717, 1.165) is 37.5 Å². The van der Waals surface area contributed by atoms with Crippen molar-refractivity contribution in [3.63, 3.8) is 0 Å². The van der Waals surface area contributed by atoms with Crippen LogP contribution in [0.1, 0.15) is 18.4 Å². The van der Waals surface area contributed by atoms with Gasteiger partial charge in [0, 0.05) is 23.1 Å². The Morgan fingerprint density at radius 1 is 1.08 bits per heavy atom. The summed E-state index contributed by atoms with van der Waals surface area (Å²) in [6.45, 7) is 2.54. The van der Waals surface area contributed by atoms with E-state index < -0.39 is 0 Å². The third-order valence-electron chi connectivity index (χ3n) is 4.38. The molecule has 1 atom stereocenters. The molecule has 2 aromatic rings. The molecule has 1 unspecified atom stereocenters. The van der Waals surface area contributed by atoms with E-state index in [0.29, 0.717) is 15.7 Å². The van der Waals surface area contributed by atoms with Crippen molar-refractivity contribution < 1.29 is 4.79 Å². The molecule has 0 aliphatic carbocycles. The number of nitrogens with zero attached hydrogens (tertiary/aromatic N) is 1. The van der Waals surface area contributed by atoms with Gasteiger partial charge in [0.15, 0.2) is 0 Å². The number of hydrogen-bond acceptors (Lipinski definition) is 2. The van der Waals surface area contributed by atoms with E-state index in [1.54, 1.807) is 18.2 Å². The number of benzene rings is 2. The fourth-order valence-electron chi connectivity index (χ4n) is 3.09. The van der Waals surface area contributed by atoms with Crippen LogP contribution in [0.4, 0.5) is 5.69 Å². The average Bonchev–Trinajstić information content (AvgIpc) is 2.60. The van der Waals surface area contributed by atoms with Crippen molar-refractivity contribution in [2.75, 3.05) is 18.4 Å². The summed E-state index contributed by atoms with van der Waals surface area (Å²) in [5, 5.41) is 4.69. The minimum atomic E-state index is -0.0592. The number of rotatable bonds is 4. The molecule has 0 aromatic heterocycles. The number of carbonyl (C=O) groups excluding carboxylic acids is 1. The van der Waals surface area contributed by atoms with Crippen molar-refractivity contribution >= 4 is 46.4 Å². The molecule has 132 valence electrons. The van der Waals surface area contributed by atoms with E-state index >= 15 is 0 Å². The molecule has 1 N–H and O–H groups in total. The smallest absolute Gasteiger partial charge is 0.228 e. The lowest BCUT2D eigenvalue weighted by Gasteiger charge is -2.32. The summed E-state index contributed by atoms with van der Waals surface area (Å²) in [4.78, 5) is 14.9. The molecule has 1 fully saturated rings. The number of carbonyl (C=O) groups is 1. The van der Waals surface area contributed by atoms with Crippen molar-refractivity contribution in [2.24, 2.45) is 5.92 Å². The van der Waals surface area contributed by atoms with E-state index in [9.17, 15) is 4.79 Å². The largest absolute Gasteiger partial charge is 0.324 e. The number of anilines is 1. The number of likely N-dealkylation sites (tertiary alicyclic amines) is 1. The van der Waals surface area contributed by atoms with Crippen LogP contribution in [-0.4, -0.2) is 23.9 Å². The Bertz CT molecular complexity index is 749. The Morgan fingerprint density at radius 3 is 2.56 bits per heavy atom. The maximum atomic E-state index is 12.6. The Labute approximate surface area is 162 Å². The highest BCUT2D eigenvalue weighted by Crippen LogP contribution is 2.27. The van der Waals surface area contributed by atoms with Gasteiger partial charge in [-0.05, 0) is 55.3 Å². The van der Waals surface area contributed by atoms with Gasteiger partial charge in [-0.1, -0.05) is 46.9 Å². The fourth-order valence-corrected chi connectivity index (χ4v) is 3.55. The molecule has 3 rings (SSSR count). The number of hydrogen-bond donors (Lipinski definition) is 1. The van der Waals surface area contributed by atoms with Crippen LogP contribution in [0.2, 0.25) is 15.1 Å². The summed E-state index contributed by atoms with van der Waals surface area (Å²) < 4.78 is 0. The molecule has 1 heterocycles. The van der Waals surface area contributed by atoms with Gasteiger partial charge in [0.05, 0.1) is 16.6 Å². The minimum Gasteiger partial charge on any atom is -0.324 e. The summed E-state index contributed by atoms with van der Waals surface area (Å²) >= 11 is 18.0. The molecule has 0 bridgehead atoms. The molecule has 1 aliphatic rings. The highest BCUT2D eigenvalue weighted by Gasteiger charge is 2.26. The molecule has 1 saturated heterocycles. The lowest BCUT2D eigenvalue weighted by atomic mass is 9.96. The molecule has 25 heavy (non-hydrogen) atoms. The van der Waals surface area contributed by atoms with Crippen LogP contribution < -0.4 is 5.32 Å². The van der Waals surface area contributed by atoms with Gasteiger partial charge in [-0.3, -0.25) is 9.69 Å². The summed E-state index contributed by atoms with van der Waals surface area (Å²) in [5.74, 6) is -0.0685. The van der Waals surface area contributed by atoms with Crippen LogP contribution in [0.3, 0.4) is 0 Å². The SMILES string of the molecule is O=C(Nc1cc(Cl)ccc1Cl)C1CCCN(Cc2ccc(Cl)cc2)C1. The average molecular weight is 398 g/mol. The van der Waals surface area contributed by atoms with Crippen LogP contribution in [-0.2, 0) is 11.3 Å². The Hall–Kier alpha value is -1.26.